The van der Waals surface area contributed by atoms with Crippen LogP contribution in [0.25, 0.3) is 11.5 Å². The van der Waals surface area contributed by atoms with Crippen molar-refractivity contribution in [3.05, 3.63) is 47.9 Å². The molecule has 0 aliphatic heterocycles. The predicted molar refractivity (Wildman–Crippen MR) is 79.6 cm³/mol. The number of furan rings is 1. The van der Waals surface area contributed by atoms with Crippen LogP contribution in [-0.4, -0.2) is 26.7 Å². The Morgan fingerprint density at radius 3 is 3.05 bits per heavy atom. The molecule has 0 aliphatic carbocycles. The predicted octanol–water partition coefficient (Wildman–Crippen LogP) is 2.42. The highest BCUT2D eigenvalue weighted by molar-refractivity contribution is 5.56. The van der Waals surface area contributed by atoms with Crippen molar-refractivity contribution < 1.29 is 4.42 Å². The molecule has 0 amide bonds. The van der Waals surface area contributed by atoms with Gasteiger partial charge in [0.05, 0.1) is 6.20 Å². The third-order valence-electron chi connectivity index (χ3n) is 3.34. The maximum atomic E-state index is 5.63. The molecule has 0 aromatic carbocycles. The van der Waals surface area contributed by atoms with Gasteiger partial charge in [0, 0.05) is 30.9 Å². The summed E-state index contributed by atoms with van der Waals surface area (Å²) in [4.78, 5) is 7.32. The molecule has 3 heterocycles. The van der Waals surface area contributed by atoms with Gasteiger partial charge >= 0.3 is 0 Å². The van der Waals surface area contributed by atoms with Crippen LogP contribution in [0.5, 0.6) is 0 Å². The van der Waals surface area contributed by atoms with Gasteiger partial charge in [-0.05, 0) is 32.0 Å². The van der Waals surface area contributed by atoms with Gasteiger partial charge in [-0.1, -0.05) is 0 Å². The van der Waals surface area contributed by atoms with Crippen LogP contribution in [0.1, 0.15) is 23.6 Å². The maximum absolute atomic E-state index is 5.63. The average molecular weight is 285 g/mol. The van der Waals surface area contributed by atoms with E-state index in [2.05, 4.69) is 25.5 Å². The Morgan fingerprint density at radius 1 is 1.33 bits per heavy atom. The first-order valence-electron chi connectivity index (χ1n) is 7.11. The first kappa shape index (κ1) is 13.6. The zero-order chi connectivity index (χ0) is 14.5. The number of imidazole rings is 1. The molecular weight excluding hydrogens is 266 g/mol. The summed E-state index contributed by atoms with van der Waals surface area (Å²) in [6.07, 6.45) is 7.47. The van der Waals surface area contributed by atoms with Crippen molar-refractivity contribution in [2.75, 3.05) is 6.54 Å². The summed E-state index contributed by atoms with van der Waals surface area (Å²) in [6, 6.07) is 3.92. The third kappa shape index (κ3) is 3.41. The molecule has 3 rings (SSSR count). The minimum atomic E-state index is 0.768. The van der Waals surface area contributed by atoms with Gasteiger partial charge in [0.1, 0.15) is 17.3 Å². The summed E-state index contributed by atoms with van der Waals surface area (Å²) in [5, 5.41) is 10.5. The molecule has 0 saturated heterocycles. The fourth-order valence-electron chi connectivity index (χ4n) is 2.27. The topological polar surface area (TPSA) is 82.5 Å². The number of aryl methyl sites for hydroxylation is 2. The highest BCUT2D eigenvalue weighted by atomic mass is 16.3. The van der Waals surface area contributed by atoms with Crippen LogP contribution >= 0.6 is 0 Å². The van der Waals surface area contributed by atoms with Gasteiger partial charge in [0.25, 0.3) is 0 Å². The smallest absolute Gasteiger partial charge is 0.152 e. The lowest BCUT2D eigenvalue weighted by atomic mass is 10.2. The van der Waals surface area contributed by atoms with Crippen LogP contribution in [0.15, 0.2) is 35.1 Å². The second kappa shape index (κ2) is 6.41. The van der Waals surface area contributed by atoms with Gasteiger partial charge in [-0.25, -0.2) is 4.98 Å². The normalized spacial score (nSPS) is 11.1. The van der Waals surface area contributed by atoms with E-state index in [0.29, 0.717) is 0 Å². The van der Waals surface area contributed by atoms with Gasteiger partial charge in [-0.2, -0.15) is 5.10 Å². The first-order chi connectivity index (χ1) is 10.3. The van der Waals surface area contributed by atoms with Gasteiger partial charge < -0.3 is 14.7 Å². The van der Waals surface area contributed by atoms with Crippen LogP contribution in [0, 0.1) is 6.92 Å². The van der Waals surface area contributed by atoms with Crippen LogP contribution in [0.2, 0.25) is 0 Å². The second-order valence-electron chi connectivity index (χ2n) is 5.00. The number of nitrogens with zero attached hydrogens (tertiary/aromatic N) is 2. The number of aromatic amines is 2. The summed E-state index contributed by atoms with van der Waals surface area (Å²) in [5.74, 6) is 2.77. The summed E-state index contributed by atoms with van der Waals surface area (Å²) in [5.41, 5.74) is 2.06. The van der Waals surface area contributed by atoms with E-state index in [-0.39, 0.29) is 0 Å². The van der Waals surface area contributed by atoms with E-state index in [1.54, 1.807) is 6.20 Å². The maximum Gasteiger partial charge on any atom is 0.152 e. The molecule has 6 heteroatoms. The van der Waals surface area contributed by atoms with E-state index in [0.717, 1.165) is 54.5 Å². The molecule has 0 unspecified atom stereocenters. The Hall–Kier alpha value is -2.34. The summed E-state index contributed by atoms with van der Waals surface area (Å²) >= 11 is 0. The molecule has 3 aromatic rings. The van der Waals surface area contributed by atoms with Gasteiger partial charge in [-0.3, -0.25) is 5.10 Å². The minimum Gasteiger partial charge on any atom is -0.460 e. The van der Waals surface area contributed by atoms with Crippen molar-refractivity contribution >= 4 is 0 Å². The van der Waals surface area contributed by atoms with Gasteiger partial charge in [0.15, 0.2) is 5.76 Å². The zero-order valence-electron chi connectivity index (χ0n) is 12.0. The molecule has 21 heavy (non-hydrogen) atoms. The second-order valence-corrected chi connectivity index (χ2v) is 5.00. The highest BCUT2D eigenvalue weighted by Crippen LogP contribution is 2.23. The molecule has 0 fully saturated rings. The van der Waals surface area contributed by atoms with Crippen molar-refractivity contribution in [2.24, 2.45) is 0 Å². The van der Waals surface area contributed by atoms with Crippen LogP contribution in [0.4, 0.5) is 0 Å². The van der Waals surface area contributed by atoms with E-state index < -0.39 is 0 Å². The van der Waals surface area contributed by atoms with Crippen molar-refractivity contribution in [3.63, 3.8) is 0 Å². The quantitative estimate of drug-likeness (QED) is 0.582. The highest BCUT2D eigenvalue weighted by Gasteiger charge is 2.10. The minimum absolute atomic E-state index is 0.768. The molecule has 3 aromatic heterocycles. The van der Waals surface area contributed by atoms with E-state index in [4.69, 9.17) is 4.42 Å². The Bertz CT molecular complexity index is 668. The number of nitrogens with one attached hydrogen (secondary N) is 3. The lowest BCUT2D eigenvalue weighted by Crippen LogP contribution is -2.15. The first-order valence-corrected chi connectivity index (χ1v) is 7.11. The SMILES string of the molecule is Cc1ccc(-c2[nH]ncc2CNCCCc2ncc[nH]2)o1. The third-order valence-corrected chi connectivity index (χ3v) is 3.34. The Balaban J connectivity index is 1.49. The lowest BCUT2D eigenvalue weighted by molar-refractivity contribution is 0.545. The van der Waals surface area contributed by atoms with Crippen molar-refractivity contribution in [1.29, 1.82) is 0 Å². The summed E-state index contributed by atoms with van der Waals surface area (Å²) in [7, 11) is 0. The molecule has 0 saturated carbocycles. The van der Waals surface area contributed by atoms with Crippen molar-refractivity contribution in [2.45, 2.75) is 26.3 Å². The number of hydrogen-bond acceptors (Lipinski definition) is 4. The fraction of sp³-hybridized carbons (Fsp3) is 0.333. The van der Waals surface area contributed by atoms with E-state index in [1.807, 2.05) is 31.5 Å². The molecular formula is C15H19N5O. The molecule has 0 bridgehead atoms. The van der Waals surface area contributed by atoms with Crippen LogP contribution in [0.3, 0.4) is 0 Å². The summed E-state index contributed by atoms with van der Waals surface area (Å²) in [6.45, 7) is 3.64. The van der Waals surface area contributed by atoms with Gasteiger partial charge in [0.2, 0.25) is 0 Å². The van der Waals surface area contributed by atoms with Crippen LogP contribution < -0.4 is 5.32 Å². The summed E-state index contributed by atoms with van der Waals surface area (Å²) < 4.78 is 5.63. The lowest BCUT2D eigenvalue weighted by Gasteiger charge is -2.04. The molecule has 6 nitrogen and oxygen atoms in total. The molecule has 0 spiro atoms. The molecule has 0 atom stereocenters. The standard InChI is InChI=1S/C15H19N5O/c1-11-4-5-13(21-11)15-12(10-19-20-15)9-16-6-2-3-14-17-7-8-18-14/h4-5,7-8,10,16H,2-3,6,9H2,1H3,(H,17,18)(H,19,20). The average Bonchev–Trinajstić information content (AvgIpc) is 3.19. The molecule has 0 radical (unpaired) electrons. The van der Waals surface area contributed by atoms with Crippen molar-refractivity contribution in [3.8, 4) is 11.5 Å². The number of rotatable bonds is 7. The van der Waals surface area contributed by atoms with Crippen molar-refractivity contribution in [1.82, 2.24) is 25.5 Å². The van der Waals surface area contributed by atoms with E-state index >= 15 is 0 Å². The molecule has 110 valence electrons. The van der Waals surface area contributed by atoms with Gasteiger partial charge in [-0.15, -0.1) is 0 Å². The molecule has 0 aliphatic rings. The number of aromatic nitrogens is 4. The fourth-order valence-corrected chi connectivity index (χ4v) is 2.27. The van der Waals surface area contributed by atoms with E-state index in [1.165, 1.54) is 0 Å². The monoisotopic (exact) mass is 285 g/mol. The molecule has 3 N–H and O–H groups in total. The number of hydrogen-bond donors (Lipinski definition) is 3. The Kier molecular flexibility index (Phi) is 4.16. The Labute approximate surface area is 123 Å². The largest absolute Gasteiger partial charge is 0.460 e. The number of H-pyrrole nitrogens is 2. The van der Waals surface area contributed by atoms with Crippen LogP contribution in [-0.2, 0) is 13.0 Å². The zero-order valence-corrected chi connectivity index (χ0v) is 12.0. The van der Waals surface area contributed by atoms with E-state index in [9.17, 15) is 0 Å². The Morgan fingerprint density at radius 2 is 2.29 bits per heavy atom.